The van der Waals surface area contributed by atoms with Gasteiger partial charge < -0.3 is 9.73 Å². The van der Waals surface area contributed by atoms with Crippen LogP contribution in [0.4, 0.5) is 0 Å². The van der Waals surface area contributed by atoms with E-state index in [2.05, 4.69) is 34.1 Å². The zero-order chi connectivity index (χ0) is 16.8. The molecule has 0 aliphatic carbocycles. The molecule has 2 heterocycles. The predicted octanol–water partition coefficient (Wildman–Crippen LogP) is 3.84. The lowest BCUT2D eigenvalue weighted by Crippen LogP contribution is -2.22. The molecule has 0 aliphatic rings. The summed E-state index contributed by atoms with van der Waals surface area (Å²) in [5, 5.41) is 3.31. The van der Waals surface area contributed by atoms with Gasteiger partial charge in [-0.3, -0.25) is 9.97 Å². The van der Waals surface area contributed by atoms with Crippen molar-refractivity contribution in [3.63, 3.8) is 0 Å². The Bertz CT molecular complexity index is 814. The van der Waals surface area contributed by atoms with E-state index in [1.807, 2.05) is 48.6 Å². The molecule has 0 fully saturated rings. The average Bonchev–Trinajstić information content (AvgIpc) is 3.00. The molecule has 5 heteroatoms. The normalized spacial score (nSPS) is 12.1. The maximum absolute atomic E-state index is 5.62. The molecule has 0 saturated heterocycles. The highest BCUT2D eigenvalue weighted by molar-refractivity contribution is 5.73. The number of hydrogen-bond acceptors (Lipinski definition) is 5. The van der Waals surface area contributed by atoms with Gasteiger partial charge in [0.25, 0.3) is 0 Å². The van der Waals surface area contributed by atoms with Gasteiger partial charge in [0.1, 0.15) is 5.52 Å². The minimum absolute atomic E-state index is 0.434. The van der Waals surface area contributed by atoms with E-state index in [4.69, 9.17) is 4.42 Å². The van der Waals surface area contributed by atoms with Gasteiger partial charge in [-0.25, -0.2) is 4.98 Å². The molecule has 122 valence electrons. The van der Waals surface area contributed by atoms with Crippen molar-refractivity contribution in [2.24, 2.45) is 0 Å². The lowest BCUT2D eigenvalue weighted by atomic mass is 10.3. The zero-order valence-corrected chi connectivity index (χ0v) is 13.8. The van der Waals surface area contributed by atoms with Crippen molar-refractivity contribution in [1.29, 1.82) is 0 Å². The summed E-state index contributed by atoms with van der Waals surface area (Å²) in [5.74, 6) is 0.585. The molecule has 0 radical (unpaired) electrons. The molecule has 1 aromatic carbocycles. The summed E-state index contributed by atoms with van der Waals surface area (Å²) in [6, 6.07) is 8.14. The standard InChI is InChI=1S/C19H20N4O/c1-14(2)20-12-16-13-21-15(11-22-16)7-3-6-10-19-23-17-8-4-5-9-18(17)24-19/h3-11,13-14,20H,12H2,1-2H3/b7-3+,10-6+. The van der Waals surface area contributed by atoms with Crippen LogP contribution in [0.5, 0.6) is 0 Å². The maximum Gasteiger partial charge on any atom is 0.219 e. The third kappa shape index (κ3) is 4.36. The second kappa shape index (κ2) is 7.66. The number of benzene rings is 1. The zero-order valence-electron chi connectivity index (χ0n) is 13.8. The van der Waals surface area contributed by atoms with Gasteiger partial charge in [-0.2, -0.15) is 0 Å². The van der Waals surface area contributed by atoms with Crippen molar-refractivity contribution in [1.82, 2.24) is 20.3 Å². The Morgan fingerprint density at radius 2 is 1.92 bits per heavy atom. The van der Waals surface area contributed by atoms with Crippen molar-refractivity contribution in [3.05, 3.63) is 66.1 Å². The van der Waals surface area contributed by atoms with E-state index in [0.717, 1.165) is 29.0 Å². The number of nitrogens with zero attached hydrogens (tertiary/aromatic N) is 3. The van der Waals surface area contributed by atoms with Crippen LogP contribution < -0.4 is 5.32 Å². The molecule has 0 spiro atoms. The van der Waals surface area contributed by atoms with Crippen LogP contribution >= 0.6 is 0 Å². The summed E-state index contributed by atoms with van der Waals surface area (Å²) in [6.07, 6.45) is 11.0. The third-order valence-electron chi connectivity index (χ3n) is 3.34. The fourth-order valence-corrected chi connectivity index (χ4v) is 2.10. The van der Waals surface area contributed by atoms with Gasteiger partial charge in [-0.15, -0.1) is 0 Å². The van der Waals surface area contributed by atoms with Gasteiger partial charge in [-0.05, 0) is 18.2 Å². The second-order valence-electron chi connectivity index (χ2n) is 5.71. The van der Waals surface area contributed by atoms with Crippen molar-refractivity contribution in [3.8, 4) is 0 Å². The topological polar surface area (TPSA) is 63.8 Å². The summed E-state index contributed by atoms with van der Waals surface area (Å²) in [4.78, 5) is 13.1. The van der Waals surface area contributed by atoms with Gasteiger partial charge >= 0.3 is 0 Å². The van der Waals surface area contributed by atoms with Crippen LogP contribution in [0.25, 0.3) is 23.3 Å². The Labute approximate surface area is 141 Å². The van der Waals surface area contributed by atoms with Crippen LogP contribution in [0.1, 0.15) is 31.1 Å². The molecule has 0 bridgehead atoms. The van der Waals surface area contributed by atoms with Crippen LogP contribution in [0.3, 0.4) is 0 Å². The number of nitrogens with one attached hydrogen (secondary N) is 1. The number of allylic oxidation sites excluding steroid dienone is 2. The van der Waals surface area contributed by atoms with Crippen molar-refractivity contribution in [2.75, 3.05) is 0 Å². The highest BCUT2D eigenvalue weighted by Crippen LogP contribution is 2.15. The molecule has 24 heavy (non-hydrogen) atoms. The first-order valence-electron chi connectivity index (χ1n) is 7.95. The molecular weight excluding hydrogens is 300 g/mol. The summed E-state index contributed by atoms with van der Waals surface area (Å²) >= 11 is 0. The fourth-order valence-electron chi connectivity index (χ4n) is 2.10. The van der Waals surface area contributed by atoms with Crippen LogP contribution in [0.15, 0.2) is 53.2 Å². The number of hydrogen-bond donors (Lipinski definition) is 1. The number of para-hydroxylation sites is 2. The first-order valence-corrected chi connectivity index (χ1v) is 7.95. The molecular formula is C19H20N4O. The summed E-state index contributed by atoms with van der Waals surface area (Å²) in [5.41, 5.74) is 3.39. The lowest BCUT2D eigenvalue weighted by Gasteiger charge is -2.06. The summed E-state index contributed by atoms with van der Waals surface area (Å²) < 4.78 is 5.62. The maximum atomic E-state index is 5.62. The Kier molecular flexibility index (Phi) is 5.13. The number of oxazole rings is 1. The molecule has 0 atom stereocenters. The van der Waals surface area contributed by atoms with Gasteiger partial charge in [0.2, 0.25) is 5.89 Å². The molecule has 2 aromatic heterocycles. The van der Waals surface area contributed by atoms with Gasteiger partial charge in [0.15, 0.2) is 5.58 Å². The SMILES string of the molecule is CC(C)NCc1cnc(/C=C/C=C/c2nc3ccccc3o2)cn1. The van der Waals surface area contributed by atoms with E-state index in [9.17, 15) is 0 Å². The highest BCUT2D eigenvalue weighted by atomic mass is 16.3. The van der Waals surface area contributed by atoms with Gasteiger partial charge in [0.05, 0.1) is 23.8 Å². The average molecular weight is 320 g/mol. The molecule has 5 nitrogen and oxygen atoms in total. The first-order chi connectivity index (χ1) is 11.7. The second-order valence-corrected chi connectivity index (χ2v) is 5.71. The molecule has 0 unspecified atom stereocenters. The lowest BCUT2D eigenvalue weighted by molar-refractivity contribution is 0.580. The van der Waals surface area contributed by atoms with Gasteiger partial charge in [-0.1, -0.05) is 38.1 Å². The van der Waals surface area contributed by atoms with E-state index in [1.165, 1.54) is 0 Å². The monoisotopic (exact) mass is 320 g/mol. The molecule has 0 saturated carbocycles. The number of fused-ring (bicyclic) bond motifs is 1. The van der Waals surface area contributed by atoms with Crippen molar-refractivity contribution in [2.45, 2.75) is 26.4 Å². The largest absolute Gasteiger partial charge is 0.437 e. The molecule has 3 aromatic rings. The summed E-state index contributed by atoms with van der Waals surface area (Å²) in [7, 11) is 0. The number of rotatable bonds is 6. The molecule has 3 rings (SSSR count). The first kappa shape index (κ1) is 16.1. The van der Waals surface area contributed by atoms with E-state index in [0.29, 0.717) is 11.9 Å². The van der Waals surface area contributed by atoms with Crippen LogP contribution in [-0.4, -0.2) is 21.0 Å². The Morgan fingerprint density at radius 3 is 2.67 bits per heavy atom. The van der Waals surface area contributed by atoms with Gasteiger partial charge in [0, 0.05) is 18.7 Å². The van der Waals surface area contributed by atoms with Crippen molar-refractivity contribution < 1.29 is 4.42 Å². The quantitative estimate of drug-likeness (QED) is 0.699. The fraction of sp³-hybridized carbons (Fsp3) is 0.211. The van der Waals surface area contributed by atoms with E-state index >= 15 is 0 Å². The molecule has 1 N–H and O–H groups in total. The van der Waals surface area contributed by atoms with E-state index in [-0.39, 0.29) is 0 Å². The van der Waals surface area contributed by atoms with Crippen molar-refractivity contribution >= 4 is 23.3 Å². The van der Waals surface area contributed by atoms with E-state index < -0.39 is 0 Å². The number of aromatic nitrogens is 3. The van der Waals surface area contributed by atoms with Crippen LogP contribution in [0, 0.1) is 0 Å². The predicted molar refractivity (Wildman–Crippen MR) is 96.1 cm³/mol. The Balaban J connectivity index is 1.59. The molecule has 0 amide bonds. The van der Waals surface area contributed by atoms with Crippen LogP contribution in [-0.2, 0) is 6.54 Å². The minimum Gasteiger partial charge on any atom is -0.437 e. The summed E-state index contributed by atoms with van der Waals surface area (Å²) in [6.45, 7) is 4.94. The van der Waals surface area contributed by atoms with Crippen LogP contribution in [0.2, 0.25) is 0 Å². The van der Waals surface area contributed by atoms with E-state index in [1.54, 1.807) is 12.4 Å². The highest BCUT2D eigenvalue weighted by Gasteiger charge is 2.00. The Morgan fingerprint density at radius 1 is 1.08 bits per heavy atom. The minimum atomic E-state index is 0.434. The smallest absolute Gasteiger partial charge is 0.219 e. The Hall–Kier alpha value is -2.79. The third-order valence-corrected chi connectivity index (χ3v) is 3.34. The molecule has 0 aliphatic heterocycles.